The molecule has 2 aromatic rings. The van der Waals surface area contributed by atoms with E-state index in [1.807, 2.05) is 42.5 Å². The summed E-state index contributed by atoms with van der Waals surface area (Å²) in [5.41, 5.74) is 2.58. The van der Waals surface area contributed by atoms with Crippen molar-refractivity contribution in [3.05, 3.63) is 54.1 Å². The van der Waals surface area contributed by atoms with Crippen LogP contribution in [0.3, 0.4) is 0 Å². The lowest BCUT2D eigenvalue weighted by atomic mass is 10.1. The first-order valence-corrected chi connectivity index (χ1v) is 11.4. The van der Waals surface area contributed by atoms with Gasteiger partial charge in [-0.25, -0.2) is 0 Å². The Hall–Kier alpha value is -2.71. The second-order valence-electron chi connectivity index (χ2n) is 7.17. The van der Waals surface area contributed by atoms with Crippen LogP contribution in [0.5, 0.6) is 0 Å². The van der Waals surface area contributed by atoms with Gasteiger partial charge in [0.05, 0.1) is 30.9 Å². The number of nitrogens with one attached hydrogen (secondary N) is 1. The van der Waals surface area contributed by atoms with Crippen LogP contribution in [0.2, 0.25) is 0 Å². The fourth-order valence-corrected chi connectivity index (χ4v) is 4.25. The summed E-state index contributed by atoms with van der Waals surface area (Å²) in [7, 11) is 0.274. The van der Waals surface area contributed by atoms with Gasteiger partial charge in [-0.3, -0.25) is 18.7 Å². The van der Waals surface area contributed by atoms with Gasteiger partial charge in [0.25, 0.3) is 0 Å². The highest BCUT2D eigenvalue weighted by Gasteiger charge is 2.19. The highest BCUT2D eigenvalue weighted by atomic mass is 32.2. The molecule has 1 saturated heterocycles. The van der Waals surface area contributed by atoms with Crippen LogP contribution in [0.15, 0.2) is 53.4 Å². The number of esters is 1. The Morgan fingerprint density at radius 3 is 2.33 bits per heavy atom. The minimum atomic E-state index is -1.13. The summed E-state index contributed by atoms with van der Waals surface area (Å²) in [5, 5.41) is 2.91. The second kappa shape index (κ2) is 10.4. The van der Waals surface area contributed by atoms with Gasteiger partial charge >= 0.3 is 5.97 Å². The molecule has 7 nitrogen and oxygen atoms in total. The van der Waals surface area contributed by atoms with E-state index < -0.39 is 10.8 Å². The monoisotopic (exact) mass is 429 g/mol. The van der Waals surface area contributed by atoms with Crippen molar-refractivity contribution in [3.8, 4) is 0 Å². The van der Waals surface area contributed by atoms with Crippen molar-refractivity contribution in [3.63, 3.8) is 0 Å². The highest BCUT2D eigenvalue weighted by molar-refractivity contribution is 7.84. The molecule has 1 amide bonds. The lowest BCUT2D eigenvalue weighted by Gasteiger charge is -2.35. The fraction of sp³-hybridized carbons (Fsp3) is 0.364. The number of hydrogen-bond acceptors (Lipinski definition) is 6. The Morgan fingerprint density at radius 1 is 1.03 bits per heavy atom. The summed E-state index contributed by atoms with van der Waals surface area (Å²) >= 11 is 0. The topological polar surface area (TPSA) is 79.0 Å². The average Bonchev–Trinajstić information content (AvgIpc) is 2.75. The molecule has 160 valence electrons. The molecule has 1 aliphatic rings. The molecule has 1 aliphatic heterocycles. The van der Waals surface area contributed by atoms with E-state index in [9.17, 15) is 13.8 Å². The summed E-state index contributed by atoms with van der Waals surface area (Å²) in [6.45, 7) is 3.57. The number of amides is 1. The number of piperazine rings is 1. The molecular formula is C22H27N3O4S. The van der Waals surface area contributed by atoms with Gasteiger partial charge in [0.2, 0.25) is 5.91 Å². The maximum atomic E-state index is 12.4. The summed E-state index contributed by atoms with van der Waals surface area (Å²) in [6.07, 6.45) is 1.80. The Bertz CT molecular complexity index is 909. The zero-order valence-electron chi connectivity index (χ0n) is 17.3. The molecule has 0 spiro atoms. The number of nitrogens with zero attached hydrogens (tertiary/aromatic N) is 2. The van der Waals surface area contributed by atoms with Crippen molar-refractivity contribution in [2.75, 3.05) is 56.3 Å². The van der Waals surface area contributed by atoms with Crippen molar-refractivity contribution in [1.29, 1.82) is 0 Å². The first-order chi connectivity index (χ1) is 14.5. The quantitative estimate of drug-likeness (QED) is 0.678. The molecule has 0 saturated carbocycles. The lowest BCUT2D eigenvalue weighted by Crippen LogP contribution is -2.48. The van der Waals surface area contributed by atoms with E-state index in [0.29, 0.717) is 11.4 Å². The lowest BCUT2D eigenvalue weighted by molar-refractivity contribution is -0.142. The predicted molar refractivity (Wildman–Crippen MR) is 118 cm³/mol. The van der Waals surface area contributed by atoms with Gasteiger partial charge in [-0.1, -0.05) is 18.2 Å². The van der Waals surface area contributed by atoms with E-state index in [1.54, 1.807) is 12.3 Å². The minimum Gasteiger partial charge on any atom is -0.468 e. The molecule has 0 aromatic heterocycles. The number of anilines is 2. The normalized spacial score (nSPS) is 15.5. The number of methoxy groups -OCH3 is 1. The summed E-state index contributed by atoms with van der Waals surface area (Å²) in [5.74, 6) is -0.353. The Balaban J connectivity index is 1.53. The molecule has 1 N–H and O–H groups in total. The van der Waals surface area contributed by atoms with Crippen LogP contribution < -0.4 is 10.2 Å². The first kappa shape index (κ1) is 22.0. The average molecular weight is 430 g/mol. The van der Waals surface area contributed by atoms with E-state index in [0.717, 1.165) is 43.1 Å². The zero-order valence-corrected chi connectivity index (χ0v) is 18.1. The van der Waals surface area contributed by atoms with Gasteiger partial charge in [-0.15, -0.1) is 0 Å². The molecule has 1 fully saturated rings. The molecule has 0 unspecified atom stereocenters. The van der Waals surface area contributed by atoms with Crippen LogP contribution in [-0.4, -0.2) is 67.1 Å². The third-order valence-corrected chi connectivity index (χ3v) is 6.12. The molecular weight excluding hydrogens is 402 g/mol. The van der Waals surface area contributed by atoms with E-state index in [4.69, 9.17) is 4.74 Å². The molecule has 2 aromatic carbocycles. The zero-order chi connectivity index (χ0) is 21.5. The highest BCUT2D eigenvalue weighted by Crippen LogP contribution is 2.20. The van der Waals surface area contributed by atoms with Crippen molar-refractivity contribution < 1.29 is 18.5 Å². The summed E-state index contributed by atoms with van der Waals surface area (Å²) in [6, 6.07) is 15.0. The van der Waals surface area contributed by atoms with Gasteiger partial charge in [0.15, 0.2) is 0 Å². The molecule has 1 heterocycles. The SMILES string of the molecule is COC(=O)CN1CCN(c2ccc(NC(=O)Cc3ccccc3[S@@](C)=O)cc2)CC1. The standard InChI is InChI=1S/C22H27N3O4S/c1-29-22(27)16-24-11-13-25(14-12-24)19-9-7-18(8-10-19)23-21(26)15-17-5-3-4-6-20(17)30(2)28/h3-10H,11-16H2,1-2H3,(H,23,26)/t30-/m1/s1. The van der Waals surface area contributed by atoms with Gasteiger partial charge in [-0.2, -0.15) is 0 Å². The molecule has 0 aliphatic carbocycles. The Morgan fingerprint density at radius 2 is 1.70 bits per heavy atom. The van der Waals surface area contributed by atoms with Gasteiger partial charge < -0.3 is 15.0 Å². The maximum Gasteiger partial charge on any atom is 0.319 e. The van der Waals surface area contributed by atoms with Crippen molar-refractivity contribution in [1.82, 2.24) is 4.90 Å². The number of hydrogen-bond donors (Lipinski definition) is 1. The molecule has 3 rings (SSSR count). The molecule has 0 bridgehead atoms. The summed E-state index contributed by atoms with van der Waals surface area (Å²) in [4.78, 5) is 28.9. The molecule has 30 heavy (non-hydrogen) atoms. The van der Waals surface area contributed by atoms with Crippen LogP contribution in [0.4, 0.5) is 11.4 Å². The minimum absolute atomic E-state index is 0.142. The number of benzene rings is 2. The second-order valence-corrected chi connectivity index (χ2v) is 8.52. The third-order valence-electron chi connectivity index (χ3n) is 5.10. The fourth-order valence-electron chi connectivity index (χ4n) is 3.48. The van der Waals surface area contributed by atoms with Crippen molar-refractivity contribution in [2.24, 2.45) is 0 Å². The van der Waals surface area contributed by atoms with Gasteiger partial charge in [0.1, 0.15) is 0 Å². The van der Waals surface area contributed by atoms with Gasteiger partial charge in [0, 0.05) is 48.7 Å². The molecule has 8 heteroatoms. The first-order valence-electron chi connectivity index (χ1n) is 9.81. The number of carbonyl (C=O) groups excluding carboxylic acids is 2. The number of rotatable bonds is 7. The predicted octanol–water partition coefficient (Wildman–Crippen LogP) is 1.90. The summed E-state index contributed by atoms with van der Waals surface area (Å²) < 4.78 is 16.6. The Labute approximate surface area is 179 Å². The molecule has 1 atom stereocenters. The Kier molecular flexibility index (Phi) is 7.59. The van der Waals surface area contributed by atoms with Crippen LogP contribution in [0.25, 0.3) is 0 Å². The van der Waals surface area contributed by atoms with E-state index in [1.165, 1.54) is 7.11 Å². The van der Waals surface area contributed by atoms with Crippen LogP contribution in [0, 0.1) is 0 Å². The van der Waals surface area contributed by atoms with Crippen LogP contribution >= 0.6 is 0 Å². The van der Waals surface area contributed by atoms with E-state index in [-0.39, 0.29) is 18.3 Å². The third kappa shape index (κ3) is 5.90. The molecule has 0 radical (unpaired) electrons. The van der Waals surface area contributed by atoms with E-state index in [2.05, 4.69) is 15.1 Å². The largest absolute Gasteiger partial charge is 0.468 e. The maximum absolute atomic E-state index is 12.4. The van der Waals surface area contributed by atoms with Crippen molar-refractivity contribution in [2.45, 2.75) is 11.3 Å². The van der Waals surface area contributed by atoms with Gasteiger partial charge in [-0.05, 0) is 35.9 Å². The smallest absolute Gasteiger partial charge is 0.319 e. The van der Waals surface area contributed by atoms with Crippen LogP contribution in [0.1, 0.15) is 5.56 Å². The number of ether oxygens (including phenoxy) is 1. The van der Waals surface area contributed by atoms with Crippen LogP contribution in [-0.2, 0) is 31.5 Å². The van der Waals surface area contributed by atoms with E-state index >= 15 is 0 Å². The van der Waals surface area contributed by atoms with Crippen molar-refractivity contribution >= 4 is 34.1 Å². The number of carbonyl (C=O) groups is 2.